The van der Waals surface area contributed by atoms with Crippen LogP contribution in [-0.2, 0) is 0 Å². The van der Waals surface area contributed by atoms with E-state index in [0.29, 0.717) is 12.1 Å². The molecular weight excluding hydrogens is 342 g/mol. The van der Waals surface area contributed by atoms with E-state index < -0.39 is 0 Å². The van der Waals surface area contributed by atoms with Crippen LogP contribution in [-0.4, -0.2) is 6.04 Å². The third-order valence-electron chi connectivity index (χ3n) is 4.50. The van der Waals surface area contributed by atoms with Crippen molar-refractivity contribution in [2.75, 3.05) is 0 Å². The second kappa shape index (κ2) is 7.08. The minimum absolute atomic E-state index is 0.458. The summed E-state index contributed by atoms with van der Waals surface area (Å²) in [6.07, 6.45) is 5.19. The molecule has 21 heavy (non-hydrogen) atoms. The lowest BCUT2D eigenvalue weighted by atomic mass is 9.81. The maximum atomic E-state index is 3.81. The maximum absolute atomic E-state index is 3.81. The zero-order valence-electron chi connectivity index (χ0n) is 12.4. The summed E-state index contributed by atoms with van der Waals surface area (Å²) >= 11 is 5.39. The average molecular weight is 364 g/mol. The highest BCUT2D eigenvalue weighted by atomic mass is 79.9. The third-order valence-corrected chi connectivity index (χ3v) is 6.31. The van der Waals surface area contributed by atoms with Crippen LogP contribution in [0.2, 0.25) is 0 Å². The van der Waals surface area contributed by atoms with Gasteiger partial charge in [-0.1, -0.05) is 30.3 Å². The van der Waals surface area contributed by atoms with Gasteiger partial charge in [0.1, 0.15) is 0 Å². The van der Waals surface area contributed by atoms with Crippen LogP contribution < -0.4 is 5.32 Å². The van der Waals surface area contributed by atoms with Crippen LogP contribution in [0, 0.1) is 0 Å². The Morgan fingerprint density at radius 1 is 1.05 bits per heavy atom. The van der Waals surface area contributed by atoms with E-state index >= 15 is 0 Å². The van der Waals surface area contributed by atoms with E-state index in [-0.39, 0.29) is 0 Å². The molecule has 1 heterocycles. The number of thiophene rings is 1. The molecule has 2 aromatic rings. The number of benzene rings is 1. The fourth-order valence-corrected chi connectivity index (χ4v) is 4.75. The largest absolute Gasteiger partial charge is 0.307 e. The highest BCUT2D eigenvalue weighted by Gasteiger charge is 2.23. The molecule has 0 radical (unpaired) electrons. The van der Waals surface area contributed by atoms with Crippen molar-refractivity contribution in [1.82, 2.24) is 5.32 Å². The van der Waals surface area contributed by atoms with E-state index in [0.717, 1.165) is 5.92 Å². The average Bonchev–Trinajstić information content (AvgIpc) is 2.96. The lowest BCUT2D eigenvalue weighted by molar-refractivity contribution is 0.323. The van der Waals surface area contributed by atoms with E-state index in [1.807, 2.05) is 11.3 Å². The first kappa shape index (κ1) is 15.3. The van der Waals surface area contributed by atoms with E-state index in [1.54, 1.807) is 0 Å². The number of nitrogens with one attached hydrogen (secondary N) is 1. The molecule has 0 saturated heterocycles. The predicted molar refractivity (Wildman–Crippen MR) is 95.0 cm³/mol. The zero-order valence-corrected chi connectivity index (χ0v) is 14.8. The van der Waals surface area contributed by atoms with Crippen molar-refractivity contribution in [1.29, 1.82) is 0 Å². The van der Waals surface area contributed by atoms with Gasteiger partial charge in [0.2, 0.25) is 0 Å². The van der Waals surface area contributed by atoms with Crippen molar-refractivity contribution in [2.24, 2.45) is 0 Å². The van der Waals surface area contributed by atoms with Crippen LogP contribution in [0.1, 0.15) is 55.0 Å². The Bertz CT molecular complexity index is 558. The molecule has 1 fully saturated rings. The summed E-state index contributed by atoms with van der Waals surface area (Å²) < 4.78 is 1.22. The molecule has 1 nitrogen and oxygen atoms in total. The molecule has 1 aliphatic rings. The maximum Gasteiger partial charge on any atom is 0.0701 e. The number of hydrogen-bond donors (Lipinski definition) is 1. The second-order valence-corrected chi connectivity index (χ2v) is 8.48. The summed E-state index contributed by atoms with van der Waals surface area (Å²) in [6.45, 7) is 2.28. The Hall–Kier alpha value is -0.640. The third kappa shape index (κ3) is 3.97. The molecule has 1 atom stereocenters. The first-order chi connectivity index (χ1) is 10.2. The van der Waals surface area contributed by atoms with Crippen molar-refractivity contribution in [3.63, 3.8) is 0 Å². The van der Waals surface area contributed by atoms with Gasteiger partial charge in [-0.25, -0.2) is 0 Å². The quantitative estimate of drug-likeness (QED) is 0.714. The van der Waals surface area contributed by atoms with E-state index in [2.05, 4.69) is 70.6 Å². The minimum Gasteiger partial charge on any atom is -0.307 e. The van der Waals surface area contributed by atoms with Crippen LogP contribution in [0.3, 0.4) is 0 Å². The molecule has 1 aromatic heterocycles. The molecular formula is C18H22BrNS. The van der Waals surface area contributed by atoms with Crippen LogP contribution in [0.25, 0.3) is 0 Å². The summed E-state index contributed by atoms with van der Waals surface area (Å²) in [5.74, 6) is 0.760. The zero-order chi connectivity index (χ0) is 14.7. The van der Waals surface area contributed by atoms with Gasteiger partial charge >= 0.3 is 0 Å². The monoisotopic (exact) mass is 363 g/mol. The molecule has 0 aliphatic heterocycles. The molecule has 1 N–H and O–H groups in total. The number of rotatable bonds is 4. The Kier molecular flexibility index (Phi) is 5.15. The van der Waals surface area contributed by atoms with Crippen LogP contribution in [0.4, 0.5) is 0 Å². The van der Waals surface area contributed by atoms with Crippen molar-refractivity contribution < 1.29 is 0 Å². The summed E-state index contributed by atoms with van der Waals surface area (Å²) in [5.41, 5.74) is 1.52. The smallest absolute Gasteiger partial charge is 0.0701 e. The van der Waals surface area contributed by atoms with Crippen molar-refractivity contribution in [3.8, 4) is 0 Å². The summed E-state index contributed by atoms with van der Waals surface area (Å²) in [7, 11) is 0. The van der Waals surface area contributed by atoms with Gasteiger partial charge in [0, 0.05) is 17.0 Å². The second-order valence-electron chi connectivity index (χ2n) is 5.99. The molecule has 0 bridgehead atoms. The normalized spacial score (nSPS) is 23.9. The van der Waals surface area contributed by atoms with E-state index in [4.69, 9.17) is 0 Å². The standard InChI is InChI=1S/C18H22BrNS/c1-13(17-11-12-18(19)21-17)20-16-9-7-15(8-10-16)14-5-3-2-4-6-14/h2-6,11-13,15-16,20H,7-10H2,1H3. The van der Waals surface area contributed by atoms with Crippen LogP contribution >= 0.6 is 27.3 Å². The van der Waals surface area contributed by atoms with Gasteiger partial charge in [-0.05, 0) is 72.2 Å². The predicted octanol–water partition coefficient (Wildman–Crippen LogP) is 5.89. The number of halogens is 1. The Balaban J connectivity index is 1.52. The number of hydrogen-bond acceptors (Lipinski definition) is 2. The molecule has 1 unspecified atom stereocenters. The molecule has 1 aromatic carbocycles. The molecule has 0 spiro atoms. The highest BCUT2D eigenvalue weighted by molar-refractivity contribution is 9.11. The van der Waals surface area contributed by atoms with Gasteiger partial charge in [0.25, 0.3) is 0 Å². The topological polar surface area (TPSA) is 12.0 Å². The Morgan fingerprint density at radius 2 is 1.76 bits per heavy atom. The summed E-state index contributed by atoms with van der Waals surface area (Å²) in [5, 5.41) is 3.81. The van der Waals surface area contributed by atoms with Crippen molar-refractivity contribution >= 4 is 27.3 Å². The molecule has 112 valence electrons. The highest BCUT2D eigenvalue weighted by Crippen LogP contribution is 2.34. The Labute approximate surface area is 139 Å². The van der Waals surface area contributed by atoms with Crippen molar-refractivity contribution in [3.05, 3.63) is 56.7 Å². The fraction of sp³-hybridized carbons (Fsp3) is 0.444. The summed E-state index contributed by atoms with van der Waals surface area (Å²) in [4.78, 5) is 1.42. The molecule has 3 rings (SSSR count). The Morgan fingerprint density at radius 3 is 2.38 bits per heavy atom. The van der Waals surface area contributed by atoms with Gasteiger partial charge < -0.3 is 5.32 Å². The lowest BCUT2D eigenvalue weighted by Gasteiger charge is -2.31. The van der Waals surface area contributed by atoms with Crippen molar-refractivity contribution in [2.45, 2.75) is 50.6 Å². The van der Waals surface area contributed by atoms with Gasteiger partial charge in [-0.2, -0.15) is 0 Å². The van der Waals surface area contributed by atoms with E-state index in [9.17, 15) is 0 Å². The minimum atomic E-state index is 0.458. The SMILES string of the molecule is CC(NC1CCC(c2ccccc2)CC1)c1ccc(Br)s1. The molecule has 0 amide bonds. The van der Waals surface area contributed by atoms with Gasteiger partial charge in [-0.15, -0.1) is 11.3 Å². The van der Waals surface area contributed by atoms with Crippen LogP contribution in [0.15, 0.2) is 46.3 Å². The summed E-state index contributed by atoms with van der Waals surface area (Å²) in [6, 6.07) is 16.5. The fourth-order valence-electron chi connectivity index (χ4n) is 3.32. The van der Waals surface area contributed by atoms with Gasteiger partial charge in [0.15, 0.2) is 0 Å². The van der Waals surface area contributed by atoms with E-state index in [1.165, 1.54) is 39.9 Å². The van der Waals surface area contributed by atoms with Gasteiger partial charge in [0.05, 0.1) is 3.79 Å². The van der Waals surface area contributed by atoms with Crippen LogP contribution in [0.5, 0.6) is 0 Å². The molecule has 1 aliphatic carbocycles. The molecule has 1 saturated carbocycles. The molecule has 3 heteroatoms. The van der Waals surface area contributed by atoms with Gasteiger partial charge in [-0.3, -0.25) is 0 Å². The lowest BCUT2D eigenvalue weighted by Crippen LogP contribution is -2.34. The first-order valence-electron chi connectivity index (χ1n) is 7.78. The first-order valence-corrected chi connectivity index (χ1v) is 9.39.